The minimum atomic E-state index is -2.06. The highest BCUT2D eigenvalue weighted by Crippen LogP contribution is 2.30. The Balaban J connectivity index is 1.70. The highest BCUT2D eigenvalue weighted by Gasteiger charge is 2.45. The molecule has 0 aromatic rings. The molecular formula is C38H62FN5O6. The average Bonchev–Trinajstić information content (AvgIpc) is 3.69. The van der Waals surface area contributed by atoms with Crippen molar-refractivity contribution in [1.82, 2.24) is 25.8 Å². The molecular weight excluding hydrogens is 641 g/mol. The first-order valence-corrected chi connectivity index (χ1v) is 18.4. The monoisotopic (exact) mass is 703 g/mol. The molecule has 2 saturated heterocycles. The summed E-state index contributed by atoms with van der Waals surface area (Å²) in [5.41, 5.74) is -2.06. The molecule has 1 aliphatic carbocycles. The molecule has 2 fully saturated rings. The highest BCUT2D eigenvalue weighted by molar-refractivity contribution is 5.92. The van der Waals surface area contributed by atoms with Gasteiger partial charge in [-0.15, -0.1) is 0 Å². The molecule has 3 aliphatic rings. The van der Waals surface area contributed by atoms with Gasteiger partial charge in [0, 0.05) is 47.3 Å². The number of hydrogen-bond donors (Lipinski definition) is 3. The van der Waals surface area contributed by atoms with Crippen molar-refractivity contribution in [1.29, 1.82) is 0 Å². The lowest BCUT2D eigenvalue weighted by Crippen LogP contribution is -2.59. The molecule has 8 atom stereocenters. The topological polar surface area (TPSA) is 129 Å². The van der Waals surface area contributed by atoms with Gasteiger partial charge in [-0.3, -0.25) is 19.2 Å². The Morgan fingerprint density at radius 1 is 1.06 bits per heavy atom. The first kappa shape index (κ1) is 41.3. The van der Waals surface area contributed by atoms with Gasteiger partial charge in [-0.25, -0.2) is 4.39 Å². The maximum Gasteiger partial charge on any atom is 0.259 e. The number of rotatable bonds is 18. The van der Waals surface area contributed by atoms with Gasteiger partial charge in [0.1, 0.15) is 6.04 Å². The molecule has 0 saturated carbocycles. The van der Waals surface area contributed by atoms with E-state index in [2.05, 4.69) is 28.1 Å². The van der Waals surface area contributed by atoms with Crippen molar-refractivity contribution < 1.29 is 33.0 Å². The van der Waals surface area contributed by atoms with Gasteiger partial charge >= 0.3 is 0 Å². The van der Waals surface area contributed by atoms with Crippen molar-refractivity contribution >= 4 is 23.6 Å². The second-order valence-electron chi connectivity index (χ2n) is 14.6. The molecule has 0 unspecified atom stereocenters. The van der Waals surface area contributed by atoms with Crippen LogP contribution in [0.3, 0.4) is 0 Å². The van der Waals surface area contributed by atoms with Crippen LogP contribution in [-0.4, -0.2) is 117 Å². The van der Waals surface area contributed by atoms with Gasteiger partial charge < -0.3 is 35.2 Å². The molecule has 0 aromatic carbocycles. The maximum absolute atomic E-state index is 15.3. The SMILES string of the molecule is CC[C@H](C)[C@@H]([C@@H](CC(=O)N1CCC[C@H]1[C@H](OC)[C@@H](C)C(=O)NCCC1C=CC=CC=C1)OC)N(C)C(=O)[C@@H](NC(=O)[C@@]1(F)CCNC1)C(C)C. The Kier molecular flexibility index (Phi) is 16.1. The van der Waals surface area contributed by atoms with E-state index in [4.69, 9.17) is 9.47 Å². The third kappa shape index (κ3) is 10.5. The molecule has 0 aromatic heterocycles. The number of alkyl halides is 1. The van der Waals surface area contributed by atoms with Crippen molar-refractivity contribution in [2.75, 3.05) is 47.4 Å². The van der Waals surface area contributed by atoms with Crippen LogP contribution in [0.4, 0.5) is 4.39 Å². The molecule has 11 nitrogen and oxygen atoms in total. The number of hydrogen-bond acceptors (Lipinski definition) is 7. The third-order valence-electron chi connectivity index (χ3n) is 10.8. The van der Waals surface area contributed by atoms with E-state index in [-0.39, 0.29) is 60.9 Å². The average molecular weight is 704 g/mol. The van der Waals surface area contributed by atoms with Crippen molar-refractivity contribution in [3.05, 3.63) is 36.5 Å². The van der Waals surface area contributed by atoms with E-state index >= 15 is 4.39 Å². The van der Waals surface area contributed by atoms with Crippen molar-refractivity contribution in [3.63, 3.8) is 0 Å². The largest absolute Gasteiger partial charge is 0.379 e. The molecule has 0 bridgehead atoms. The van der Waals surface area contributed by atoms with Gasteiger partial charge in [0.2, 0.25) is 23.4 Å². The zero-order chi connectivity index (χ0) is 37.0. The second kappa shape index (κ2) is 19.5. The second-order valence-corrected chi connectivity index (χ2v) is 14.6. The summed E-state index contributed by atoms with van der Waals surface area (Å²) in [6.45, 7) is 10.9. The fraction of sp³-hybridized carbons (Fsp3) is 0.737. The fourth-order valence-corrected chi connectivity index (χ4v) is 7.49. The highest BCUT2D eigenvalue weighted by atomic mass is 19.1. The van der Waals surface area contributed by atoms with E-state index in [1.165, 1.54) is 7.11 Å². The van der Waals surface area contributed by atoms with Crippen LogP contribution in [0.5, 0.6) is 0 Å². The Bertz CT molecular complexity index is 1220. The lowest BCUT2D eigenvalue weighted by Gasteiger charge is -2.41. The van der Waals surface area contributed by atoms with Gasteiger partial charge in [0.15, 0.2) is 0 Å². The number of ether oxygens (including phenoxy) is 2. The Hall–Kier alpha value is -3.09. The lowest BCUT2D eigenvalue weighted by atomic mass is 9.89. The number of nitrogens with zero attached hydrogens (tertiary/aromatic N) is 2. The first-order chi connectivity index (χ1) is 23.8. The first-order valence-electron chi connectivity index (χ1n) is 18.4. The van der Waals surface area contributed by atoms with Gasteiger partial charge in [-0.1, -0.05) is 77.5 Å². The summed E-state index contributed by atoms with van der Waals surface area (Å²) in [6.07, 6.45) is 14.1. The third-order valence-corrected chi connectivity index (χ3v) is 10.8. The van der Waals surface area contributed by atoms with Crippen LogP contribution >= 0.6 is 0 Å². The molecule has 2 aliphatic heterocycles. The van der Waals surface area contributed by atoms with Crippen LogP contribution in [0.2, 0.25) is 0 Å². The molecule has 4 amide bonds. The Morgan fingerprint density at radius 3 is 2.30 bits per heavy atom. The molecule has 0 spiro atoms. The number of carbonyl (C=O) groups is 4. The van der Waals surface area contributed by atoms with Crippen molar-refractivity contribution in [3.8, 4) is 0 Å². The number of likely N-dealkylation sites (tertiary alicyclic amines) is 1. The summed E-state index contributed by atoms with van der Waals surface area (Å²) in [5, 5.41) is 8.63. The van der Waals surface area contributed by atoms with Crippen LogP contribution < -0.4 is 16.0 Å². The summed E-state index contributed by atoms with van der Waals surface area (Å²) in [4.78, 5) is 57.7. The van der Waals surface area contributed by atoms with E-state index < -0.39 is 41.8 Å². The normalized spacial score (nSPS) is 24.4. The van der Waals surface area contributed by atoms with Crippen LogP contribution in [0, 0.1) is 23.7 Å². The van der Waals surface area contributed by atoms with E-state index in [1.54, 1.807) is 24.0 Å². The fourth-order valence-electron chi connectivity index (χ4n) is 7.49. The summed E-state index contributed by atoms with van der Waals surface area (Å²) in [7, 11) is 4.79. The molecule has 3 rings (SSSR count). The minimum Gasteiger partial charge on any atom is -0.379 e. The number of methoxy groups -OCH3 is 2. The quantitative estimate of drug-likeness (QED) is 0.199. The molecule has 3 N–H and O–H groups in total. The standard InChI is InChI=1S/C38H62FN5O6/c1-9-26(4)33(43(6)36(47)32(25(2)3)42-37(48)38(39)19-21-40-24-38)30(49-7)23-31(45)44-22-14-17-29(44)34(50-8)27(5)35(46)41-20-18-28-15-12-10-11-13-16-28/h10-13,15-16,25-30,32-34,40H,9,14,17-24H2,1-8H3,(H,41,46)(H,42,48)/t26-,27+,29-,30+,32-,33-,34+,38+/m0/s1. The molecule has 12 heteroatoms. The summed E-state index contributed by atoms with van der Waals surface area (Å²) in [6, 6.07) is -1.73. The van der Waals surface area contributed by atoms with Gasteiger partial charge in [-0.05, 0) is 43.6 Å². The van der Waals surface area contributed by atoms with Crippen LogP contribution in [0.25, 0.3) is 0 Å². The summed E-state index contributed by atoms with van der Waals surface area (Å²) in [5.74, 6) is -1.99. The van der Waals surface area contributed by atoms with Crippen molar-refractivity contribution in [2.24, 2.45) is 23.7 Å². The zero-order valence-electron chi connectivity index (χ0n) is 31.5. The van der Waals surface area contributed by atoms with E-state index in [9.17, 15) is 19.2 Å². The number of halogens is 1. The maximum atomic E-state index is 15.3. The lowest BCUT2D eigenvalue weighted by molar-refractivity contribution is -0.148. The van der Waals surface area contributed by atoms with Gasteiger partial charge in [-0.2, -0.15) is 0 Å². The molecule has 282 valence electrons. The van der Waals surface area contributed by atoms with E-state index in [0.717, 1.165) is 12.8 Å². The molecule has 0 radical (unpaired) electrons. The van der Waals surface area contributed by atoms with Gasteiger partial charge in [0.25, 0.3) is 5.91 Å². The van der Waals surface area contributed by atoms with E-state index in [0.29, 0.717) is 32.5 Å². The molecule has 2 heterocycles. The summed E-state index contributed by atoms with van der Waals surface area (Å²) < 4.78 is 27.1. The Labute approximate surface area is 298 Å². The Morgan fingerprint density at radius 2 is 1.74 bits per heavy atom. The predicted molar refractivity (Wildman–Crippen MR) is 193 cm³/mol. The minimum absolute atomic E-state index is 0.0197. The van der Waals surface area contributed by atoms with Gasteiger partial charge in [0.05, 0.1) is 36.6 Å². The van der Waals surface area contributed by atoms with Crippen LogP contribution in [0.1, 0.15) is 73.1 Å². The predicted octanol–water partition coefficient (Wildman–Crippen LogP) is 3.55. The smallest absolute Gasteiger partial charge is 0.259 e. The van der Waals surface area contributed by atoms with E-state index in [1.807, 2.05) is 58.9 Å². The zero-order valence-corrected chi connectivity index (χ0v) is 31.5. The number of likely N-dealkylation sites (N-methyl/N-ethyl adjacent to an activating group) is 1. The number of carbonyl (C=O) groups excluding carboxylic acids is 4. The number of amides is 4. The van der Waals surface area contributed by atoms with Crippen LogP contribution in [-0.2, 0) is 28.7 Å². The van der Waals surface area contributed by atoms with Crippen molar-refractivity contribution in [2.45, 2.75) is 109 Å². The molecule has 50 heavy (non-hydrogen) atoms. The number of nitrogens with one attached hydrogen (secondary N) is 3. The summed E-state index contributed by atoms with van der Waals surface area (Å²) >= 11 is 0. The van der Waals surface area contributed by atoms with Crippen LogP contribution in [0.15, 0.2) is 36.5 Å². The number of allylic oxidation sites excluding steroid dienone is 6.